The fraction of sp³-hybridized carbons (Fsp3) is 0.533. The molecule has 1 aliphatic rings. The molecular formula is C15H22N4O3S. The molecule has 2 aromatic rings. The molecule has 1 aromatic carbocycles. The molecule has 1 N–H and O–H groups in total. The Bertz CT molecular complexity index is 868. The predicted molar refractivity (Wildman–Crippen MR) is 89.8 cm³/mol. The Kier molecular flexibility index (Phi) is 4.31. The van der Waals surface area contributed by atoms with Crippen molar-refractivity contribution in [2.24, 2.45) is 7.05 Å². The van der Waals surface area contributed by atoms with Gasteiger partial charge in [-0.15, -0.1) is 0 Å². The maximum atomic E-state index is 12.5. The van der Waals surface area contributed by atoms with Gasteiger partial charge in [0.2, 0.25) is 10.0 Å². The molecule has 1 aromatic heterocycles. The Balaban J connectivity index is 1.82. The third-order valence-corrected chi connectivity index (χ3v) is 5.04. The maximum absolute atomic E-state index is 12.5. The van der Waals surface area contributed by atoms with E-state index < -0.39 is 10.0 Å². The zero-order chi connectivity index (χ0) is 16.6. The quantitative estimate of drug-likeness (QED) is 0.871. The first kappa shape index (κ1) is 16.2. The van der Waals surface area contributed by atoms with Gasteiger partial charge in [0.1, 0.15) is 0 Å². The molecule has 1 atom stereocenters. The summed E-state index contributed by atoms with van der Waals surface area (Å²) in [7, 11) is -1.44. The van der Waals surface area contributed by atoms with Gasteiger partial charge in [0, 0.05) is 19.6 Å². The number of fused-ring (bicyclic) bond motifs is 1. The van der Waals surface area contributed by atoms with Crippen molar-refractivity contribution in [1.82, 2.24) is 18.8 Å². The molecule has 0 aliphatic carbocycles. The number of nitrogens with one attached hydrogen (secondary N) is 1. The number of likely N-dealkylation sites (tertiary alicyclic amines) is 1. The number of aryl methyl sites for hydroxylation is 1. The highest BCUT2D eigenvalue weighted by atomic mass is 32.2. The summed E-state index contributed by atoms with van der Waals surface area (Å²) in [6.07, 6.45) is 2.92. The zero-order valence-corrected chi connectivity index (χ0v) is 14.2. The van der Waals surface area contributed by atoms with Crippen LogP contribution in [-0.4, -0.2) is 47.8 Å². The summed E-state index contributed by atoms with van der Waals surface area (Å²) in [5.41, 5.74) is 1.75. The summed E-state index contributed by atoms with van der Waals surface area (Å²) in [5.74, 6) is 0. The Morgan fingerprint density at radius 1 is 1.26 bits per heavy atom. The molecule has 0 unspecified atom stereocenters. The molecule has 2 heterocycles. The Labute approximate surface area is 135 Å². The van der Waals surface area contributed by atoms with Crippen LogP contribution in [0.15, 0.2) is 29.1 Å². The minimum Gasteiger partial charge on any atom is -0.295 e. The standard InChI is InChI=1S/C15H22N4O3S/c1-17-13-7-3-4-8-14(13)19(15(17)20)11-18-9-5-6-12(10-18)16-23(2,21)22/h3-4,7-8,12,16H,5-6,9-11H2,1-2H3/t12-/m0/s1. The number of imidazole rings is 1. The number of nitrogens with zero attached hydrogens (tertiary/aromatic N) is 3. The van der Waals surface area contributed by atoms with Crippen molar-refractivity contribution < 1.29 is 8.42 Å². The van der Waals surface area contributed by atoms with E-state index in [-0.39, 0.29) is 11.7 Å². The number of hydrogen-bond donors (Lipinski definition) is 1. The number of benzene rings is 1. The van der Waals surface area contributed by atoms with Crippen molar-refractivity contribution in [3.63, 3.8) is 0 Å². The van der Waals surface area contributed by atoms with Crippen LogP contribution in [0.1, 0.15) is 12.8 Å². The molecule has 0 amide bonds. The van der Waals surface area contributed by atoms with Crippen LogP contribution in [0, 0.1) is 0 Å². The van der Waals surface area contributed by atoms with Crippen LogP contribution in [-0.2, 0) is 23.7 Å². The third kappa shape index (κ3) is 3.49. The summed E-state index contributed by atoms with van der Waals surface area (Å²) in [4.78, 5) is 14.6. The summed E-state index contributed by atoms with van der Waals surface area (Å²) in [6.45, 7) is 1.95. The van der Waals surface area contributed by atoms with E-state index in [1.807, 2.05) is 24.3 Å². The van der Waals surface area contributed by atoms with Gasteiger partial charge in [-0.25, -0.2) is 17.9 Å². The Morgan fingerprint density at radius 3 is 2.65 bits per heavy atom. The molecule has 0 bridgehead atoms. The molecule has 0 spiro atoms. The van der Waals surface area contributed by atoms with Crippen molar-refractivity contribution in [2.75, 3.05) is 19.3 Å². The highest BCUT2D eigenvalue weighted by Crippen LogP contribution is 2.15. The van der Waals surface area contributed by atoms with Crippen LogP contribution in [0.3, 0.4) is 0 Å². The normalized spacial score (nSPS) is 20.2. The first-order valence-corrected chi connectivity index (χ1v) is 9.58. The molecule has 0 saturated carbocycles. The summed E-state index contributed by atoms with van der Waals surface area (Å²) >= 11 is 0. The van der Waals surface area contributed by atoms with Gasteiger partial charge in [-0.3, -0.25) is 14.0 Å². The van der Waals surface area contributed by atoms with E-state index in [0.717, 1.165) is 30.4 Å². The molecular weight excluding hydrogens is 316 g/mol. The van der Waals surface area contributed by atoms with Gasteiger partial charge in [0.05, 0.1) is 24.0 Å². The SMILES string of the molecule is Cn1c(=O)n(CN2CCC[C@H](NS(C)(=O)=O)C2)c2ccccc21. The zero-order valence-electron chi connectivity index (χ0n) is 13.4. The lowest BCUT2D eigenvalue weighted by Crippen LogP contribution is -2.48. The molecule has 8 heteroatoms. The first-order chi connectivity index (χ1) is 10.8. The van der Waals surface area contributed by atoms with E-state index in [4.69, 9.17) is 0 Å². The van der Waals surface area contributed by atoms with Gasteiger partial charge in [-0.1, -0.05) is 12.1 Å². The molecule has 3 rings (SSSR count). The van der Waals surface area contributed by atoms with Crippen molar-refractivity contribution in [1.29, 1.82) is 0 Å². The van der Waals surface area contributed by atoms with E-state index in [1.54, 1.807) is 16.2 Å². The maximum Gasteiger partial charge on any atom is 0.329 e. The largest absolute Gasteiger partial charge is 0.329 e. The third-order valence-electron chi connectivity index (χ3n) is 4.28. The fourth-order valence-corrected chi connectivity index (χ4v) is 4.08. The number of aromatic nitrogens is 2. The van der Waals surface area contributed by atoms with E-state index in [1.165, 1.54) is 6.26 Å². The molecule has 1 aliphatic heterocycles. The van der Waals surface area contributed by atoms with Crippen LogP contribution >= 0.6 is 0 Å². The van der Waals surface area contributed by atoms with Crippen molar-refractivity contribution in [2.45, 2.75) is 25.6 Å². The lowest BCUT2D eigenvalue weighted by atomic mass is 10.1. The average molecular weight is 338 g/mol. The highest BCUT2D eigenvalue weighted by Gasteiger charge is 2.23. The number of sulfonamides is 1. The summed E-state index contributed by atoms with van der Waals surface area (Å²) in [5, 5.41) is 0. The summed E-state index contributed by atoms with van der Waals surface area (Å²) in [6, 6.07) is 7.61. The number of hydrogen-bond acceptors (Lipinski definition) is 4. The van der Waals surface area contributed by atoms with Gasteiger partial charge < -0.3 is 0 Å². The van der Waals surface area contributed by atoms with Crippen LogP contribution in [0.5, 0.6) is 0 Å². The fourth-order valence-electron chi connectivity index (χ4n) is 3.28. The van der Waals surface area contributed by atoms with Crippen LogP contribution in [0.25, 0.3) is 11.0 Å². The minimum absolute atomic E-state index is 0.0515. The van der Waals surface area contributed by atoms with E-state index >= 15 is 0 Å². The van der Waals surface area contributed by atoms with Gasteiger partial charge in [0.25, 0.3) is 0 Å². The highest BCUT2D eigenvalue weighted by molar-refractivity contribution is 7.88. The average Bonchev–Trinajstić information content (AvgIpc) is 2.72. The second kappa shape index (κ2) is 6.10. The van der Waals surface area contributed by atoms with E-state index in [9.17, 15) is 13.2 Å². The van der Waals surface area contributed by atoms with Gasteiger partial charge in [0.15, 0.2) is 0 Å². The smallest absolute Gasteiger partial charge is 0.295 e. The van der Waals surface area contributed by atoms with E-state index in [0.29, 0.717) is 13.2 Å². The van der Waals surface area contributed by atoms with Gasteiger partial charge >= 0.3 is 5.69 Å². The molecule has 1 saturated heterocycles. The molecule has 126 valence electrons. The lowest BCUT2D eigenvalue weighted by molar-refractivity contribution is 0.161. The topological polar surface area (TPSA) is 76.3 Å². The second-order valence-electron chi connectivity index (χ2n) is 6.21. The van der Waals surface area contributed by atoms with Crippen LogP contribution < -0.4 is 10.4 Å². The molecule has 1 fully saturated rings. The van der Waals surface area contributed by atoms with Crippen molar-refractivity contribution in [3.05, 3.63) is 34.7 Å². The van der Waals surface area contributed by atoms with E-state index in [2.05, 4.69) is 9.62 Å². The Morgan fingerprint density at radius 2 is 1.96 bits per heavy atom. The van der Waals surface area contributed by atoms with Gasteiger partial charge in [-0.05, 0) is 31.5 Å². The molecule has 0 radical (unpaired) electrons. The van der Waals surface area contributed by atoms with Crippen LogP contribution in [0.4, 0.5) is 0 Å². The van der Waals surface area contributed by atoms with Gasteiger partial charge in [-0.2, -0.15) is 0 Å². The molecule has 7 nitrogen and oxygen atoms in total. The minimum atomic E-state index is -3.21. The predicted octanol–water partition coefficient (Wildman–Crippen LogP) is 0.311. The lowest BCUT2D eigenvalue weighted by Gasteiger charge is -2.32. The second-order valence-corrected chi connectivity index (χ2v) is 7.99. The number of rotatable bonds is 4. The number of piperidine rings is 1. The summed E-state index contributed by atoms with van der Waals surface area (Å²) < 4.78 is 28.9. The van der Waals surface area contributed by atoms with Crippen LogP contribution in [0.2, 0.25) is 0 Å². The van der Waals surface area contributed by atoms with Crippen molar-refractivity contribution in [3.8, 4) is 0 Å². The number of para-hydroxylation sites is 2. The first-order valence-electron chi connectivity index (χ1n) is 7.69. The molecule has 23 heavy (non-hydrogen) atoms. The Hall–Kier alpha value is -1.64. The monoisotopic (exact) mass is 338 g/mol. The van der Waals surface area contributed by atoms with Crippen molar-refractivity contribution >= 4 is 21.1 Å².